The van der Waals surface area contributed by atoms with Gasteiger partial charge >= 0.3 is 0 Å². The van der Waals surface area contributed by atoms with Gasteiger partial charge in [0.25, 0.3) is 5.91 Å². The molecule has 0 spiro atoms. The summed E-state index contributed by atoms with van der Waals surface area (Å²) in [5.41, 5.74) is 6.02. The highest BCUT2D eigenvalue weighted by Gasteiger charge is 2.29. The molecule has 4 nitrogen and oxygen atoms in total. The van der Waals surface area contributed by atoms with Crippen LogP contribution in [0.2, 0.25) is 0 Å². The Hall–Kier alpha value is -1.10. The Bertz CT molecular complexity index is 388. The second kappa shape index (κ2) is 4.41. The van der Waals surface area contributed by atoms with E-state index in [1.165, 1.54) is 11.3 Å². The lowest BCUT2D eigenvalue weighted by molar-refractivity contribution is 0.0779. The number of likely N-dealkylation sites (tertiary alicyclic amines) is 1. The Kier molecular flexibility index (Phi) is 3.14. The van der Waals surface area contributed by atoms with E-state index in [1.807, 2.05) is 4.90 Å². The first-order valence-corrected chi connectivity index (χ1v) is 6.46. The van der Waals surface area contributed by atoms with Gasteiger partial charge in [0.05, 0.1) is 0 Å². The lowest BCUT2D eigenvalue weighted by atomic mass is 9.95. The van der Waals surface area contributed by atoms with Crippen LogP contribution in [0.4, 0.5) is 5.13 Å². The third-order valence-corrected chi connectivity index (χ3v) is 3.87. The number of nitrogens with zero attached hydrogens (tertiary/aromatic N) is 2. The molecule has 0 radical (unpaired) electrons. The Morgan fingerprint density at radius 1 is 1.69 bits per heavy atom. The highest BCUT2D eigenvalue weighted by Crippen LogP contribution is 2.25. The van der Waals surface area contributed by atoms with Crippen LogP contribution in [0.1, 0.15) is 30.8 Å². The maximum absolute atomic E-state index is 12.0. The van der Waals surface area contributed by atoms with E-state index < -0.39 is 0 Å². The van der Waals surface area contributed by atoms with Crippen LogP contribution in [0.5, 0.6) is 0 Å². The number of carbonyl (C=O) groups is 1. The van der Waals surface area contributed by atoms with Gasteiger partial charge in [-0.3, -0.25) is 4.79 Å². The maximum Gasteiger partial charge on any atom is 0.273 e. The monoisotopic (exact) mass is 239 g/mol. The predicted octanol–water partition coefficient (Wildman–Crippen LogP) is 1.84. The van der Waals surface area contributed by atoms with Gasteiger partial charge in [-0.05, 0) is 18.3 Å². The summed E-state index contributed by atoms with van der Waals surface area (Å²) >= 11 is 1.32. The SMILES string of the molecule is CC(C)C1CCN(C(=O)c2csc(N)n2)C1. The molecule has 0 bridgehead atoms. The molecule has 1 aromatic rings. The molecule has 1 saturated heterocycles. The van der Waals surface area contributed by atoms with Crippen LogP contribution in [-0.4, -0.2) is 28.9 Å². The second-order valence-electron chi connectivity index (χ2n) is 4.61. The zero-order valence-electron chi connectivity index (χ0n) is 9.64. The first kappa shape index (κ1) is 11.4. The Balaban J connectivity index is 2.02. The molecule has 2 rings (SSSR count). The van der Waals surface area contributed by atoms with Gasteiger partial charge in [-0.15, -0.1) is 11.3 Å². The van der Waals surface area contributed by atoms with Crippen molar-refractivity contribution in [2.24, 2.45) is 11.8 Å². The smallest absolute Gasteiger partial charge is 0.273 e. The molecule has 2 N–H and O–H groups in total. The number of anilines is 1. The first-order valence-electron chi connectivity index (χ1n) is 5.58. The van der Waals surface area contributed by atoms with E-state index in [1.54, 1.807) is 5.38 Å². The van der Waals surface area contributed by atoms with Crippen molar-refractivity contribution in [3.05, 3.63) is 11.1 Å². The summed E-state index contributed by atoms with van der Waals surface area (Å²) in [6.07, 6.45) is 1.10. The van der Waals surface area contributed by atoms with E-state index in [9.17, 15) is 4.79 Å². The third kappa shape index (κ3) is 2.19. The minimum Gasteiger partial charge on any atom is -0.375 e. The summed E-state index contributed by atoms with van der Waals surface area (Å²) in [5.74, 6) is 1.29. The van der Waals surface area contributed by atoms with Gasteiger partial charge in [-0.25, -0.2) is 4.98 Å². The molecule has 0 saturated carbocycles. The third-order valence-electron chi connectivity index (χ3n) is 3.20. The van der Waals surface area contributed by atoms with Crippen LogP contribution in [-0.2, 0) is 0 Å². The number of thiazole rings is 1. The van der Waals surface area contributed by atoms with Gasteiger partial charge in [0.1, 0.15) is 5.69 Å². The first-order chi connectivity index (χ1) is 7.58. The molecule has 0 aromatic carbocycles. The lowest BCUT2D eigenvalue weighted by Crippen LogP contribution is -2.29. The predicted molar refractivity (Wildman–Crippen MR) is 65.4 cm³/mol. The normalized spacial score (nSPS) is 20.7. The summed E-state index contributed by atoms with van der Waals surface area (Å²) in [7, 11) is 0. The fraction of sp³-hybridized carbons (Fsp3) is 0.636. The summed E-state index contributed by atoms with van der Waals surface area (Å²) < 4.78 is 0. The fourth-order valence-electron chi connectivity index (χ4n) is 2.06. The van der Waals surface area contributed by atoms with Crippen molar-refractivity contribution >= 4 is 22.4 Å². The number of amides is 1. The molecule has 1 aliphatic heterocycles. The van der Waals surface area contributed by atoms with Gasteiger partial charge in [0.2, 0.25) is 0 Å². The molecule has 1 aromatic heterocycles. The summed E-state index contributed by atoms with van der Waals surface area (Å²) in [6, 6.07) is 0. The highest BCUT2D eigenvalue weighted by molar-refractivity contribution is 7.13. The van der Waals surface area contributed by atoms with Gasteiger partial charge in [-0.1, -0.05) is 13.8 Å². The van der Waals surface area contributed by atoms with E-state index in [2.05, 4.69) is 18.8 Å². The maximum atomic E-state index is 12.0. The average Bonchev–Trinajstić information content (AvgIpc) is 2.84. The number of nitrogen functional groups attached to an aromatic ring is 1. The Labute approximate surface area is 99.5 Å². The van der Waals surface area contributed by atoms with Crippen molar-refractivity contribution in [2.75, 3.05) is 18.8 Å². The molecule has 5 heteroatoms. The zero-order chi connectivity index (χ0) is 11.7. The van der Waals surface area contributed by atoms with Crippen LogP contribution in [0.25, 0.3) is 0 Å². The molecule has 1 fully saturated rings. The van der Waals surface area contributed by atoms with E-state index >= 15 is 0 Å². The Morgan fingerprint density at radius 3 is 2.94 bits per heavy atom. The van der Waals surface area contributed by atoms with E-state index in [-0.39, 0.29) is 5.91 Å². The van der Waals surface area contributed by atoms with Crippen molar-refractivity contribution in [3.8, 4) is 0 Å². The largest absolute Gasteiger partial charge is 0.375 e. The van der Waals surface area contributed by atoms with Crippen molar-refractivity contribution in [2.45, 2.75) is 20.3 Å². The Morgan fingerprint density at radius 2 is 2.44 bits per heavy atom. The van der Waals surface area contributed by atoms with Crippen LogP contribution < -0.4 is 5.73 Å². The molecule has 1 aliphatic rings. The number of carbonyl (C=O) groups excluding carboxylic acids is 1. The van der Waals surface area contributed by atoms with E-state index in [0.29, 0.717) is 22.7 Å². The summed E-state index contributed by atoms with van der Waals surface area (Å²) in [4.78, 5) is 18.0. The minimum absolute atomic E-state index is 0.0242. The van der Waals surface area contributed by atoms with Gasteiger partial charge in [0.15, 0.2) is 5.13 Å². The van der Waals surface area contributed by atoms with Gasteiger partial charge < -0.3 is 10.6 Å². The standard InChI is InChI=1S/C11H17N3OS/c1-7(2)8-3-4-14(5-8)10(15)9-6-16-11(12)13-9/h6-8H,3-5H2,1-2H3,(H2,12,13). The van der Waals surface area contributed by atoms with Crippen molar-refractivity contribution in [1.82, 2.24) is 9.88 Å². The molecular weight excluding hydrogens is 222 g/mol. The quantitative estimate of drug-likeness (QED) is 0.856. The zero-order valence-corrected chi connectivity index (χ0v) is 10.5. The number of nitrogens with two attached hydrogens (primary N) is 1. The summed E-state index contributed by atoms with van der Waals surface area (Å²) in [6.45, 7) is 6.12. The van der Waals surface area contributed by atoms with Gasteiger partial charge in [-0.2, -0.15) is 0 Å². The highest BCUT2D eigenvalue weighted by atomic mass is 32.1. The van der Waals surface area contributed by atoms with Crippen LogP contribution >= 0.6 is 11.3 Å². The lowest BCUT2D eigenvalue weighted by Gasteiger charge is -2.16. The number of aromatic nitrogens is 1. The van der Waals surface area contributed by atoms with Crippen molar-refractivity contribution < 1.29 is 4.79 Å². The second-order valence-corrected chi connectivity index (χ2v) is 5.50. The number of hydrogen-bond acceptors (Lipinski definition) is 4. The molecule has 1 amide bonds. The minimum atomic E-state index is 0.0242. The molecule has 88 valence electrons. The van der Waals surface area contributed by atoms with Crippen molar-refractivity contribution in [3.63, 3.8) is 0 Å². The molecule has 2 heterocycles. The topological polar surface area (TPSA) is 59.2 Å². The van der Waals surface area contributed by atoms with Crippen LogP contribution in [0, 0.1) is 11.8 Å². The van der Waals surface area contributed by atoms with E-state index in [0.717, 1.165) is 19.5 Å². The van der Waals surface area contributed by atoms with Crippen LogP contribution in [0.15, 0.2) is 5.38 Å². The summed E-state index contributed by atoms with van der Waals surface area (Å²) in [5, 5.41) is 2.20. The fourth-order valence-corrected chi connectivity index (χ4v) is 2.60. The molecular formula is C11H17N3OS. The molecule has 1 atom stereocenters. The molecule has 1 unspecified atom stereocenters. The van der Waals surface area contributed by atoms with Gasteiger partial charge in [0, 0.05) is 18.5 Å². The number of hydrogen-bond donors (Lipinski definition) is 1. The number of rotatable bonds is 2. The molecule has 0 aliphatic carbocycles. The van der Waals surface area contributed by atoms with Crippen molar-refractivity contribution in [1.29, 1.82) is 0 Å². The average molecular weight is 239 g/mol. The molecule has 16 heavy (non-hydrogen) atoms. The van der Waals surface area contributed by atoms with Crippen LogP contribution in [0.3, 0.4) is 0 Å². The van der Waals surface area contributed by atoms with E-state index in [4.69, 9.17) is 5.73 Å².